The number of rotatable bonds is 7. The second kappa shape index (κ2) is 8.34. The summed E-state index contributed by atoms with van der Waals surface area (Å²) in [5.74, 6) is -0.461. The lowest BCUT2D eigenvalue weighted by Crippen LogP contribution is -2.26. The summed E-state index contributed by atoms with van der Waals surface area (Å²) in [7, 11) is 0. The monoisotopic (exact) mass is 429 g/mol. The number of hydrogen-bond acceptors (Lipinski definition) is 6. The fourth-order valence-corrected chi connectivity index (χ4v) is 2.92. The first-order valence-electron chi connectivity index (χ1n) is 9.23. The Kier molecular flexibility index (Phi) is 5.44. The molecule has 0 bridgehead atoms. The van der Waals surface area contributed by atoms with E-state index in [-0.39, 0.29) is 36.2 Å². The molecule has 1 aliphatic heterocycles. The molecule has 3 N–H and O–H groups in total. The van der Waals surface area contributed by atoms with Crippen molar-refractivity contribution >= 4 is 23.2 Å². The van der Waals surface area contributed by atoms with Gasteiger partial charge in [-0.25, -0.2) is 0 Å². The third-order valence-electron chi connectivity index (χ3n) is 4.30. The molecule has 160 valence electrons. The highest BCUT2D eigenvalue weighted by atomic mass is 19.3. The van der Waals surface area contributed by atoms with Gasteiger partial charge in [-0.2, -0.15) is 0 Å². The first kappa shape index (κ1) is 20.2. The van der Waals surface area contributed by atoms with Gasteiger partial charge in [-0.05, 0) is 36.4 Å². The number of hydrogen-bond donors (Lipinski definition) is 3. The van der Waals surface area contributed by atoms with E-state index in [0.717, 1.165) is 0 Å². The molecule has 10 heteroatoms. The van der Waals surface area contributed by atoms with Gasteiger partial charge in [0, 0.05) is 17.4 Å². The maximum absolute atomic E-state index is 13.1. The van der Waals surface area contributed by atoms with Crippen LogP contribution in [-0.4, -0.2) is 24.7 Å². The van der Waals surface area contributed by atoms with Crippen molar-refractivity contribution in [3.05, 3.63) is 72.2 Å². The Hall–Kier alpha value is -4.08. The summed E-state index contributed by atoms with van der Waals surface area (Å²) in [6, 6.07) is 14.1. The lowest BCUT2D eigenvalue weighted by atomic mass is 10.1. The number of alkyl halides is 2. The molecule has 4 rings (SSSR count). The zero-order valence-corrected chi connectivity index (χ0v) is 16.0. The predicted molar refractivity (Wildman–Crippen MR) is 106 cm³/mol. The molecule has 0 spiro atoms. The molecule has 3 aromatic rings. The highest BCUT2D eigenvalue weighted by Gasteiger charge is 2.43. The van der Waals surface area contributed by atoms with Crippen LogP contribution in [0.4, 0.5) is 20.2 Å². The van der Waals surface area contributed by atoms with Gasteiger partial charge in [-0.3, -0.25) is 9.59 Å². The van der Waals surface area contributed by atoms with Gasteiger partial charge in [0.1, 0.15) is 5.76 Å². The van der Waals surface area contributed by atoms with Crippen LogP contribution in [0, 0.1) is 0 Å². The van der Waals surface area contributed by atoms with Crippen LogP contribution in [0.1, 0.15) is 16.1 Å². The minimum Gasteiger partial charge on any atom is -0.467 e. The fraction of sp³-hybridized carbons (Fsp3) is 0.143. The molecule has 2 aromatic carbocycles. The number of carbonyl (C=O) groups excluding carboxylic acids is 2. The van der Waals surface area contributed by atoms with Gasteiger partial charge >= 0.3 is 6.29 Å². The quantitative estimate of drug-likeness (QED) is 0.531. The minimum absolute atomic E-state index is 0.115. The summed E-state index contributed by atoms with van der Waals surface area (Å²) >= 11 is 0. The number of para-hydroxylation sites is 1. The van der Waals surface area contributed by atoms with E-state index >= 15 is 0 Å². The molecular formula is C21H17F2N3O5. The maximum atomic E-state index is 13.1. The van der Waals surface area contributed by atoms with Crippen molar-refractivity contribution in [1.82, 2.24) is 5.32 Å². The molecule has 0 radical (unpaired) electrons. The molecule has 0 aliphatic carbocycles. The SMILES string of the molecule is O=C(CNc1ccccc1C(=O)NCc1ccco1)Nc1ccc2c(c1)OC(F)(F)O2. The zero-order valence-electron chi connectivity index (χ0n) is 16.0. The van der Waals surface area contributed by atoms with Gasteiger partial charge < -0.3 is 29.8 Å². The second-order valence-electron chi connectivity index (χ2n) is 6.54. The van der Waals surface area contributed by atoms with E-state index < -0.39 is 12.2 Å². The van der Waals surface area contributed by atoms with Gasteiger partial charge in [-0.1, -0.05) is 12.1 Å². The Morgan fingerprint density at radius 2 is 1.77 bits per heavy atom. The van der Waals surface area contributed by atoms with Crippen LogP contribution < -0.4 is 25.4 Å². The average Bonchev–Trinajstić information content (AvgIpc) is 3.36. The molecule has 2 heterocycles. The first-order valence-corrected chi connectivity index (χ1v) is 9.23. The molecule has 2 amide bonds. The first-order chi connectivity index (χ1) is 14.9. The standard InChI is InChI=1S/C21H17F2N3O5/c22-21(23)30-17-8-7-13(10-18(17)31-21)26-19(27)12-24-16-6-2-1-5-15(16)20(28)25-11-14-4-3-9-29-14/h1-10,24H,11-12H2,(H,25,28)(H,26,27). The summed E-state index contributed by atoms with van der Waals surface area (Å²) < 4.78 is 40.1. The molecule has 1 aromatic heterocycles. The normalized spacial score (nSPS) is 13.5. The van der Waals surface area contributed by atoms with Crippen LogP contribution in [0.5, 0.6) is 11.5 Å². The van der Waals surface area contributed by atoms with Crippen molar-refractivity contribution in [3.63, 3.8) is 0 Å². The number of amides is 2. The fourth-order valence-electron chi connectivity index (χ4n) is 2.92. The van der Waals surface area contributed by atoms with Crippen molar-refractivity contribution in [1.29, 1.82) is 0 Å². The van der Waals surface area contributed by atoms with E-state index in [1.165, 1.54) is 24.5 Å². The average molecular weight is 429 g/mol. The smallest absolute Gasteiger partial charge is 0.467 e. The van der Waals surface area contributed by atoms with Crippen molar-refractivity contribution in [2.45, 2.75) is 12.8 Å². The van der Waals surface area contributed by atoms with Crippen LogP contribution in [0.3, 0.4) is 0 Å². The van der Waals surface area contributed by atoms with E-state index in [1.807, 2.05) is 0 Å². The van der Waals surface area contributed by atoms with Gasteiger partial charge in [0.2, 0.25) is 5.91 Å². The van der Waals surface area contributed by atoms with Crippen molar-refractivity contribution in [2.24, 2.45) is 0 Å². The van der Waals surface area contributed by atoms with Gasteiger partial charge in [0.05, 0.1) is 24.9 Å². The predicted octanol–water partition coefficient (Wildman–Crippen LogP) is 3.58. The third kappa shape index (κ3) is 4.92. The number of anilines is 2. The van der Waals surface area contributed by atoms with Crippen LogP contribution >= 0.6 is 0 Å². The number of furan rings is 1. The van der Waals surface area contributed by atoms with E-state index in [4.69, 9.17) is 4.42 Å². The lowest BCUT2D eigenvalue weighted by molar-refractivity contribution is -0.286. The Labute approximate surface area is 175 Å². The molecule has 1 aliphatic rings. The molecule has 0 fully saturated rings. The number of carbonyl (C=O) groups is 2. The van der Waals surface area contributed by atoms with Crippen LogP contribution in [0.25, 0.3) is 0 Å². The summed E-state index contributed by atoms with van der Waals surface area (Å²) in [5, 5.41) is 8.21. The Morgan fingerprint density at radius 3 is 2.58 bits per heavy atom. The van der Waals surface area contributed by atoms with Crippen LogP contribution in [-0.2, 0) is 11.3 Å². The van der Waals surface area contributed by atoms with Gasteiger partial charge in [0.25, 0.3) is 5.91 Å². The van der Waals surface area contributed by atoms with E-state index in [9.17, 15) is 18.4 Å². The molecule has 31 heavy (non-hydrogen) atoms. The molecule has 0 atom stereocenters. The Morgan fingerprint density at radius 1 is 0.968 bits per heavy atom. The lowest BCUT2D eigenvalue weighted by Gasteiger charge is -2.12. The van der Waals surface area contributed by atoms with Crippen molar-refractivity contribution in [2.75, 3.05) is 17.2 Å². The Bertz CT molecular complexity index is 1100. The number of nitrogens with one attached hydrogen (secondary N) is 3. The van der Waals surface area contributed by atoms with E-state index in [0.29, 0.717) is 17.0 Å². The summed E-state index contributed by atoms with van der Waals surface area (Å²) in [4.78, 5) is 24.7. The summed E-state index contributed by atoms with van der Waals surface area (Å²) in [6.07, 6.45) is -2.21. The zero-order chi connectivity index (χ0) is 21.8. The molecule has 0 unspecified atom stereocenters. The number of benzene rings is 2. The van der Waals surface area contributed by atoms with E-state index in [2.05, 4.69) is 25.4 Å². The molecule has 8 nitrogen and oxygen atoms in total. The van der Waals surface area contributed by atoms with Gasteiger partial charge in [-0.15, -0.1) is 8.78 Å². The number of ether oxygens (including phenoxy) is 2. The number of fused-ring (bicyclic) bond motifs is 1. The molecular weight excluding hydrogens is 412 g/mol. The van der Waals surface area contributed by atoms with Gasteiger partial charge in [0.15, 0.2) is 11.5 Å². The Balaban J connectivity index is 1.34. The van der Waals surface area contributed by atoms with Crippen LogP contribution in [0.15, 0.2) is 65.3 Å². The summed E-state index contributed by atoms with van der Waals surface area (Å²) in [5.41, 5.74) is 1.07. The largest absolute Gasteiger partial charge is 0.586 e. The van der Waals surface area contributed by atoms with E-state index in [1.54, 1.807) is 36.4 Å². The van der Waals surface area contributed by atoms with Crippen molar-refractivity contribution in [3.8, 4) is 11.5 Å². The maximum Gasteiger partial charge on any atom is 0.586 e. The highest BCUT2D eigenvalue weighted by molar-refractivity contribution is 6.00. The van der Waals surface area contributed by atoms with Crippen LogP contribution in [0.2, 0.25) is 0 Å². The number of halogens is 2. The van der Waals surface area contributed by atoms with Crippen molar-refractivity contribution < 1.29 is 32.3 Å². The second-order valence-corrected chi connectivity index (χ2v) is 6.54. The molecule has 0 saturated heterocycles. The summed E-state index contributed by atoms with van der Waals surface area (Å²) in [6.45, 7) is 0.0664. The molecule has 0 saturated carbocycles. The highest BCUT2D eigenvalue weighted by Crippen LogP contribution is 2.42. The minimum atomic E-state index is -3.73. The third-order valence-corrected chi connectivity index (χ3v) is 4.30. The topological polar surface area (TPSA) is 102 Å².